The van der Waals surface area contributed by atoms with Gasteiger partial charge < -0.3 is 41.2 Å². The fourth-order valence-electron chi connectivity index (χ4n) is 5.29. The first-order valence-corrected chi connectivity index (χ1v) is 19.5. The van der Waals surface area contributed by atoms with Crippen LogP contribution in [0.25, 0.3) is 0 Å². The summed E-state index contributed by atoms with van der Waals surface area (Å²) < 4.78 is 23.2. The highest BCUT2D eigenvalue weighted by atomic mass is 32.2. The molecule has 6 N–H and O–H groups in total. The predicted molar refractivity (Wildman–Crippen MR) is 208 cm³/mol. The van der Waals surface area contributed by atoms with Gasteiger partial charge in [0.05, 0.1) is 26.3 Å². The van der Waals surface area contributed by atoms with E-state index in [9.17, 15) is 28.8 Å². The average Bonchev–Trinajstić information content (AvgIpc) is 3.17. The van der Waals surface area contributed by atoms with Crippen molar-refractivity contribution in [1.29, 1.82) is 0 Å². The van der Waals surface area contributed by atoms with E-state index in [1.807, 2.05) is 50.4 Å². The van der Waals surface area contributed by atoms with Crippen molar-refractivity contribution in [2.75, 3.05) is 38.8 Å². The number of methoxy groups -OCH3 is 1. The van der Waals surface area contributed by atoms with E-state index in [0.717, 1.165) is 5.56 Å². The first-order chi connectivity index (χ1) is 26.3. The molecule has 0 aliphatic carbocycles. The first kappa shape index (κ1) is 43.8. The molecule has 0 bridgehead atoms. The van der Waals surface area contributed by atoms with E-state index < -0.39 is 48.5 Å². The van der Waals surface area contributed by atoms with Crippen LogP contribution in [0.4, 0.5) is 4.79 Å². The fourth-order valence-corrected chi connectivity index (χ4v) is 5.76. The molecule has 14 nitrogen and oxygen atoms in total. The Labute approximate surface area is 324 Å². The van der Waals surface area contributed by atoms with Gasteiger partial charge in [-0.15, -0.1) is 0 Å². The van der Waals surface area contributed by atoms with E-state index in [-0.39, 0.29) is 43.7 Å². The van der Waals surface area contributed by atoms with E-state index in [2.05, 4.69) is 31.7 Å². The Balaban J connectivity index is 2.05. The second kappa shape index (κ2) is 24.6. The molecule has 0 heterocycles. The van der Waals surface area contributed by atoms with Crippen LogP contribution in [-0.4, -0.2) is 92.7 Å². The summed E-state index contributed by atoms with van der Waals surface area (Å²) in [4.78, 5) is 76.6. The van der Waals surface area contributed by atoms with Crippen LogP contribution in [0, 0.1) is 19.8 Å². The Morgan fingerprint density at radius 1 is 0.870 bits per heavy atom. The van der Waals surface area contributed by atoms with Gasteiger partial charge in [-0.1, -0.05) is 62.7 Å². The molecule has 4 amide bonds. The Morgan fingerprint density at radius 3 is 2.26 bits per heavy atom. The van der Waals surface area contributed by atoms with Gasteiger partial charge in [0.2, 0.25) is 23.6 Å². The highest BCUT2D eigenvalue weighted by molar-refractivity contribution is 7.98. The number of esters is 1. The number of nitrogens with one attached hydrogen (secondary N) is 4. The molecule has 0 unspecified atom stereocenters. The van der Waals surface area contributed by atoms with E-state index in [4.69, 9.17) is 10.9 Å². The number of rotatable bonds is 24. The summed E-state index contributed by atoms with van der Waals surface area (Å²) in [6.07, 6.45) is 3.83. The minimum absolute atomic E-state index is 0.0521. The van der Waals surface area contributed by atoms with Crippen molar-refractivity contribution < 1.29 is 44.4 Å². The van der Waals surface area contributed by atoms with Gasteiger partial charge in [-0.05, 0) is 79.7 Å². The smallest absolute Gasteiger partial charge is 0.469 e. The minimum atomic E-state index is -1.07. The number of aryl methyl sites for hydroxylation is 1. The summed E-state index contributed by atoms with van der Waals surface area (Å²) >= 11 is 1.48. The molecular weight excluding hydrogens is 715 g/mol. The Kier molecular flexibility index (Phi) is 20.0. The quantitative estimate of drug-likeness (QED) is 0.0595. The maximum atomic E-state index is 13.4. The van der Waals surface area contributed by atoms with Crippen LogP contribution in [0.3, 0.4) is 0 Å². The lowest BCUT2D eigenvalue weighted by Gasteiger charge is -2.22. The molecular formula is C39H57N5O9S. The number of unbranched alkanes of at least 4 members (excludes halogenated alkanes) is 2. The van der Waals surface area contributed by atoms with Gasteiger partial charge in [0, 0.05) is 19.4 Å². The number of ether oxygens (including phenoxy) is 3. The standard InChI is InChI=1S/C39H57N5O9S/c1-25(2)24-52-39(50)53-35-26(3)16-17-29(27(35)4)22-30(40)36(47)44-31(18-20-54-6)37(48)42-23-33(45)43-32(21-28-13-9-7-10-14-28)38(49)41-19-12-8-11-15-34(46)51-5/h7,9-10,13-14,16-17,25,30-32H,8,11-12,15,18-24,40H2,1-6H3,(H,41,49)(H,42,48)(H,43,45)(H,44,47)/t30-,31-,32-/m0/s1/i/hD. The zero-order chi connectivity index (χ0) is 40.8. The number of nitrogens with two attached hydrogens (primary N) is 1. The van der Waals surface area contributed by atoms with Gasteiger partial charge >= 0.3 is 12.1 Å². The number of thioether (sulfide) groups is 1. The highest BCUT2D eigenvalue weighted by Crippen LogP contribution is 2.27. The van der Waals surface area contributed by atoms with Gasteiger partial charge in [-0.25, -0.2) is 4.79 Å². The van der Waals surface area contributed by atoms with E-state index in [1.54, 1.807) is 26.0 Å². The van der Waals surface area contributed by atoms with Gasteiger partial charge in [0.15, 0.2) is 0 Å². The SMILES string of the molecule is [2H]N[C@@H](Cc1ccc(C)c(OC(=O)OCC(C)C)c1C)C(=O)N[C@@H](CCSC)C(=O)NCC(=O)N[C@@H](Cc1ccccc1)C(=O)NCCCCCC(=O)OC. The van der Waals surface area contributed by atoms with Crippen molar-refractivity contribution in [3.8, 4) is 5.75 Å². The maximum Gasteiger partial charge on any atom is 0.513 e. The third-order valence-electron chi connectivity index (χ3n) is 8.36. The summed E-state index contributed by atoms with van der Waals surface area (Å²) in [5, 5.41) is 10.9. The molecule has 0 aliphatic heterocycles. The molecule has 0 saturated heterocycles. The molecule has 0 saturated carbocycles. The lowest BCUT2D eigenvalue weighted by molar-refractivity contribution is -0.140. The fraction of sp³-hybridized carbons (Fsp3) is 0.538. The monoisotopic (exact) mass is 772 g/mol. The number of amides is 4. The van der Waals surface area contributed by atoms with E-state index in [1.165, 1.54) is 18.9 Å². The van der Waals surface area contributed by atoms with Crippen LogP contribution in [0.5, 0.6) is 5.75 Å². The van der Waals surface area contributed by atoms with Crippen LogP contribution >= 0.6 is 11.8 Å². The number of benzene rings is 2. The molecule has 0 aromatic heterocycles. The molecule has 298 valence electrons. The number of hydrogen-bond donors (Lipinski definition) is 5. The average molecular weight is 773 g/mol. The van der Waals surface area contributed by atoms with Gasteiger partial charge in [0.25, 0.3) is 0 Å². The lowest BCUT2D eigenvalue weighted by atomic mass is 9.97. The summed E-state index contributed by atoms with van der Waals surface area (Å²) in [7, 11) is 1.34. The second-order valence-corrected chi connectivity index (χ2v) is 14.3. The Hall–Kier alpha value is -4.63. The molecule has 2 aromatic carbocycles. The minimum Gasteiger partial charge on any atom is -0.469 e. The zero-order valence-electron chi connectivity index (χ0n) is 33.2. The van der Waals surface area contributed by atoms with Crippen molar-refractivity contribution in [3.05, 3.63) is 64.7 Å². The van der Waals surface area contributed by atoms with E-state index >= 15 is 0 Å². The third-order valence-corrected chi connectivity index (χ3v) is 9.01. The summed E-state index contributed by atoms with van der Waals surface area (Å²) in [5.74, 6) is -1.51. The largest absolute Gasteiger partial charge is 0.513 e. The second-order valence-electron chi connectivity index (χ2n) is 13.4. The highest BCUT2D eigenvalue weighted by Gasteiger charge is 2.26. The van der Waals surface area contributed by atoms with Gasteiger partial charge in [-0.3, -0.25) is 24.0 Å². The Bertz CT molecular complexity index is 1560. The van der Waals surface area contributed by atoms with Crippen molar-refractivity contribution in [2.24, 2.45) is 11.6 Å². The van der Waals surface area contributed by atoms with Gasteiger partial charge in [-0.2, -0.15) is 11.8 Å². The molecule has 2 rings (SSSR count). The first-order valence-electron chi connectivity index (χ1n) is 18.6. The van der Waals surface area contributed by atoms with Crippen LogP contribution in [0.1, 0.15) is 68.2 Å². The van der Waals surface area contributed by atoms with Crippen LogP contribution in [-0.2, 0) is 46.3 Å². The zero-order valence-corrected chi connectivity index (χ0v) is 33.0. The van der Waals surface area contributed by atoms with Crippen LogP contribution < -0.4 is 31.7 Å². The van der Waals surface area contributed by atoms with Crippen LogP contribution in [0.2, 0.25) is 1.41 Å². The molecule has 0 fully saturated rings. The lowest BCUT2D eigenvalue weighted by Crippen LogP contribution is -2.54. The van der Waals surface area contributed by atoms with Crippen molar-refractivity contribution in [2.45, 2.75) is 90.8 Å². The maximum absolute atomic E-state index is 13.4. The third kappa shape index (κ3) is 17.0. The summed E-state index contributed by atoms with van der Waals surface area (Å²) in [5.41, 5.74) is 5.04. The number of carbonyl (C=O) groups is 6. The molecule has 3 atom stereocenters. The van der Waals surface area contributed by atoms with Gasteiger partial charge in [0.1, 0.15) is 19.2 Å². The van der Waals surface area contributed by atoms with Crippen molar-refractivity contribution in [1.82, 2.24) is 21.3 Å². The molecule has 54 heavy (non-hydrogen) atoms. The molecule has 15 heteroatoms. The number of carbonyl (C=O) groups excluding carboxylic acids is 6. The molecule has 0 radical (unpaired) electrons. The Morgan fingerprint density at radius 2 is 1.59 bits per heavy atom. The van der Waals surface area contributed by atoms with Crippen molar-refractivity contribution >= 4 is 47.5 Å². The topological polar surface area (TPSA) is 204 Å². The summed E-state index contributed by atoms with van der Waals surface area (Å²) in [6, 6.07) is 9.73. The summed E-state index contributed by atoms with van der Waals surface area (Å²) in [6.45, 7) is 7.45. The molecule has 0 aliphatic rings. The van der Waals surface area contributed by atoms with Crippen LogP contribution in [0.15, 0.2) is 42.5 Å². The van der Waals surface area contributed by atoms with Crippen molar-refractivity contribution in [3.63, 3.8) is 0 Å². The predicted octanol–water partition coefficient (Wildman–Crippen LogP) is 3.28. The normalized spacial score (nSPS) is 12.8. The molecule has 2 aromatic rings. The molecule has 0 spiro atoms. The van der Waals surface area contributed by atoms with E-state index in [0.29, 0.717) is 60.4 Å². The number of hydrogen-bond acceptors (Lipinski definition) is 11.